The summed E-state index contributed by atoms with van der Waals surface area (Å²) in [4.78, 5) is 85.5. The van der Waals surface area contributed by atoms with E-state index in [1.165, 1.54) is 18.2 Å². The van der Waals surface area contributed by atoms with Crippen molar-refractivity contribution in [3.8, 4) is 0 Å². The van der Waals surface area contributed by atoms with Gasteiger partial charge in [-0.3, -0.25) is 28.9 Å². The largest absolute Gasteiger partial charge is 0.481 e. The molecule has 7 atom stereocenters. The number of piperidine rings is 1. The van der Waals surface area contributed by atoms with Crippen LogP contribution in [-0.2, 0) is 20.8 Å². The quantitative estimate of drug-likeness (QED) is 0.0867. The molecule has 0 spiro atoms. The number of hydrogen-bond donors (Lipinski definition) is 6. The highest BCUT2D eigenvalue weighted by Crippen LogP contribution is 2.27. The predicted molar refractivity (Wildman–Crippen MR) is 222 cm³/mol. The van der Waals surface area contributed by atoms with Crippen LogP contribution in [0, 0.1) is 17.8 Å². The standard InChI is InChI=1S/C43H58N6O8S/c1-7-26(4)36(48-39(52)35-19-13-14-20-49(35)6)40(53)45-32(25(2)3)23-33(46-37(50)30-17-11-12-18-31(30)43(56)57)41-47-34(24-58-41)38(51)44-29(21-27(5)42(54)55)22-28-15-9-8-10-16-28/h8-12,15-18,24-27,29,32-33,35-36H,7,13-14,19-23H2,1-6H3,(H,44,51)(H,45,53)(H,46,50)(H,48,52)(H,54,55)(H,56,57)/t26-,27-,29+,32+,33+,35+,36-/m0/s1. The maximum atomic E-state index is 14.1. The Kier molecular flexibility index (Phi) is 16.9. The van der Waals surface area contributed by atoms with Gasteiger partial charge in [0.15, 0.2) is 0 Å². The van der Waals surface area contributed by atoms with Crippen LogP contribution in [0.1, 0.15) is 121 Å². The number of amides is 4. The van der Waals surface area contributed by atoms with Crippen molar-refractivity contribution in [1.82, 2.24) is 31.2 Å². The summed E-state index contributed by atoms with van der Waals surface area (Å²) in [7, 11) is 1.91. The number of aliphatic carboxylic acids is 1. The fraction of sp³-hybridized carbons (Fsp3) is 0.512. The number of nitrogens with one attached hydrogen (secondary N) is 4. The first kappa shape index (κ1) is 45.6. The minimum atomic E-state index is -1.28. The van der Waals surface area contributed by atoms with E-state index in [1.807, 2.05) is 70.0 Å². The second-order valence-corrected chi connectivity index (χ2v) is 16.6. The molecular formula is C43H58N6O8S. The number of benzene rings is 2. The number of likely N-dealkylation sites (N-methyl/N-ethyl adjacent to an activating group) is 1. The summed E-state index contributed by atoms with van der Waals surface area (Å²) in [6.45, 7) is 10.1. The molecule has 15 heteroatoms. The molecule has 314 valence electrons. The van der Waals surface area contributed by atoms with Gasteiger partial charge in [0.2, 0.25) is 11.8 Å². The lowest BCUT2D eigenvalue weighted by atomic mass is 9.93. The topological polar surface area (TPSA) is 207 Å². The number of carbonyl (C=O) groups excluding carboxylic acids is 4. The van der Waals surface area contributed by atoms with Crippen molar-refractivity contribution in [2.75, 3.05) is 13.6 Å². The number of carboxylic acid groups (broad SMARTS) is 2. The molecule has 2 heterocycles. The average molecular weight is 819 g/mol. The van der Waals surface area contributed by atoms with E-state index in [-0.39, 0.29) is 59.4 Å². The van der Waals surface area contributed by atoms with Gasteiger partial charge in [-0.05, 0) is 75.2 Å². The van der Waals surface area contributed by atoms with Crippen LogP contribution in [0.3, 0.4) is 0 Å². The van der Waals surface area contributed by atoms with Crippen molar-refractivity contribution in [2.24, 2.45) is 17.8 Å². The molecule has 0 saturated carbocycles. The van der Waals surface area contributed by atoms with Crippen LogP contribution in [-0.4, -0.2) is 93.4 Å². The Bertz CT molecular complexity index is 1890. The number of nitrogens with zero attached hydrogens (tertiary/aromatic N) is 2. The Balaban J connectivity index is 1.62. The Morgan fingerprint density at radius 1 is 0.845 bits per heavy atom. The average Bonchev–Trinajstić information content (AvgIpc) is 3.70. The Hall–Kier alpha value is -5.15. The molecule has 4 amide bonds. The van der Waals surface area contributed by atoms with E-state index >= 15 is 0 Å². The molecule has 4 rings (SSSR count). The Morgan fingerprint density at radius 2 is 1.52 bits per heavy atom. The maximum absolute atomic E-state index is 14.1. The molecule has 1 aliphatic heterocycles. The highest BCUT2D eigenvalue weighted by atomic mass is 32.1. The molecule has 0 radical (unpaired) electrons. The fourth-order valence-corrected chi connectivity index (χ4v) is 8.00. The normalized spacial score (nSPS) is 17.5. The van der Waals surface area contributed by atoms with Gasteiger partial charge in [0.25, 0.3) is 11.8 Å². The van der Waals surface area contributed by atoms with E-state index in [1.54, 1.807) is 18.4 Å². The van der Waals surface area contributed by atoms with E-state index in [0.29, 0.717) is 24.3 Å². The monoisotopic (exact) mass is 818 g/mol. The molecule has 0 bridgehead atoms. The molecule has 3 aromatic rings. The highest BCUT2D eigenvalue weighted by Gasteiger charge is 2.35. The summed E-state index contributed by atoms with van der Waals surface area (Å²) in [5, 5.41) is 33.4. The third kappa shape index (κ3) is 12.7. The van der Waals surface area contributed by atoms with E-state index in [2.05, 4.69) is 26.3 Å². The van der Waals surface area contributed by atoms with Gasteiger partial charge in [-0.15, -0.1) is 11.3 Å². The number of aromatic nitrogens is 1. The van der Waals surface area contributed by atoms with Gasteiger partial charge in [0.05, 0.1) is 29.1 Å². The van der Waals surface area contributed by atoms with Crippen LogP contribution in [0.5, 0.6) is 0 Å². The first-order chi connectivity index (χ1) is 27.6. The van der Waals surface area contributed by atoms with Crippen molar-refractivity contribution in [1.29, 1.82) is 0 Å². The fourth-order valence-electron chi connectivity index (χ4n) is 7.14. The van der Waals surface area contributed by atoms with Gasteiger partial charge in [-0.25, -0.2) is 9.78 Å². The minimum Gasteiger partial charge on any atom is -0.481 e. The van der Waals surface area contributed by atoms with E-state index in [4.69, 9.17) is 0 Å². The summed E-state index contributed by atoms with van der Waals surface area (Å²) in [5.41, 5.74) is 0.723. The second-order valence-electron chi connectivity index (χ2n) is 15.7. The van der Waals surface area contributed by atoms with E-state index < -0.39 is 53.8 Å². The molecule has 1 saturated heterocycles. The number of thiazole rings is 1. The van der Waals surface area contributed by atoms with Gasteiger partial charge in [0, 0.05) is 17.5 Å². The van der Waals surface area contributed by atoms with Gasteiger partial charge in [-0.2, -0.15) is 0 Å². The van der Waals surface area contributed by atoms with Gasteiger partial charge in [-0.1, -0.05) is 89.9 Å². The number of carbonyl (C=O) groups is 6. The number of carboxylic acids is 2. The SMILES string of the molecule is CC[C@H](C)[C@H](NC(=O)[C@H]1CCCCN1C)C(=O)N[C@H](C[C@@H](NC(=O)c1ccccc1C(=O)O)c1nc(C(=O)N[C@@H](Cc2ccccc2)C[C@H](C)C(=O)O)cs1)C(C)C. The number of likely N-dealkylation sites (tertiary alicyclic amines) is 1. The van der Waals surface area contributed by atoms with Crippen molar-refractivity contribution in [3.05, 3.63) is 87.4 Å². The van der Waals surface area contributed by atoms with Crippen LogP contribution in [0.2, 0.25) is 0 Å². The van der Waals surface area contributed by atoms with Crippen molar-refractivity contribution in [3.63, 3.8) is 0 Å². The summed E-state index contributed by atoms with van der Waals surface area (Å²) >= 11 is 1.12. The van der Waals surface area contributed by atoms with Gasteiger partial charge in [0.1, 0.15) is 16.7 Å². The smallest absolute Gasteiger partial charge is 0.336 e. The zero-order valence-corrected chi connectivity index (χ0v) is 35.0. The molecule has 0 aliphatic carbocycles. The first-order valence-electron chi connectivity index (χ1n) is 20.1. The van der Waals surface area contributed by atoms with E-state index in [9.17, 15) is 39.0 Å². The molecule has 58 heavy (non-hydrogen) atoms. The third-order valence-electron chi connectivity index (χ3n) is 11.0. The predicted octanol–water partition coefficient (Wildman–Crippen LogP) is 5.31. The molecule has 1 fully saturated rings. The molecule has 14 nitrogen and oxygen atoms in total. The first-order valence-corrected chi connectivity index (χ1v) is 20.9. The number of rotatable bonds is 20. The van der Waals surface area contributed by atoms with Crippen molar-refractivity contribution < 1.29 is 39.0 Å². The lowest BCUT2D eigenvalue weighted by molar-refractivity contribution is -0.141. The summed E-state index contributed by atoms with van der Waals surface area (Å²) in [5.74, 6) is -5.07. The molecular weight excluding hydrogens is 761 g/mol. The van der Waals surface area contributed by atoms with Crippen LogP contribution >= 0.6 is 11.3 Å². The summed E-state index contributed by atoms with van der Waals surface area (Å²) in [6.07, 6.45) is 3.99. The van der Waals surface area contributed by atoms with Gasteiger partial charge < -0.3 is 31.5 Å². The molecule has 0 unspecified atom stereocenters. The lowest BCUT2D eigenvalue weighted by Crippen LogP contribution is -2.57. The van der Waals surface area contributed by atoms with Crippen molar-refractivity contribution >= 4 is 46.9 Å². The lowest BCUT2D eigenvalue weighted by Gasteiger charge is -2.34. The molecule has 1 aromatic heterocycles. The summed E-state index contributed by atoms with van der Waals surface area (Å²) in [6, 6.07) is 12.1. The highest BCUT2D eigenvalue weighted by molar-refractivity contribution is 7.09. The zero-order valence-electron chi connectivity index (χ0n) is 34.2. The van der Waals surface area contributed by atoms with Crippen molar-refractivity contribution in [2.45, 2.75) is 110 Å². The van der Waals surface area contributed by atoms with Crippen LogP contribution in [0.4, 0.5) is 0 Å². The zero-order chi connectivity index (χ0) is 42.5. The number of aromatic carboxylic acids is 1. The van der Waals surface area contributed by atoms with Gasteiger partial charge >= 0.3 is 11.9 Å². The molecule has 6 N–H and O–H groups in total. The van der Waals surface area contributed by atoms with E-state index in [0.717, 1.165) is 36.3 Å². The summed E-state index contributed by atoms with van der Waals surface area (Å²) < 4.78 is 0. The molecule has 1 aliphatic rings. The van der Waals surface area contributed by atoms with Crippen LogP contribution in [0.25, 0.3) is 0 Å². The van der Waals surface area contributed by atoms with Crippen LogP contribution < -0.4 is 21.3 Å². The minimum absolute atomic E-state index is 0.0589. The molecule has 2 aromatic carbocycles. The van der Waals surface area contributed by atoms with Crippen LogP contribution in [0.15, 0.2) is 60.0 Å². The maximum Gasteiger partial charge on any atom is 0.336 e. The Morgan fingerprint density at radius 3 is 2.14 bits per heavy atom. The third-order valence-corrected chi connectivity index (χ3v) is 11.9. The Labute approximate surface area is 344 Å². The number of hydrogen-bond acceptors (Lipinski definition) is 9. The second kappa shape index (κ2) is 21.6.